The lowest BCUT2D eigenvalue weighted by Gasteiger charge is -2.23. The molecule has 0 saturated heterocycles. The lowest BCUT2D eigenvalue weighted by atomic mass is 10.1. The van der Waals surface area contributed by atoms with Crippen molar-refractivity contribution in [2.45, 2.75) is 45.3 Å². The number of aliphatic hydroxyl groups is 1. The van der Waals surface area contributed by atoms with Crippen LogP contribution in [-0.2, 0) is 0 Å². The maximum Gasteiger partial charge on any atom is 0.137 e. The molecular weight excluding hydrogens is 242 g/mol. The minimum Gasteiger partial charge on any atom is -0.494 e. The van der Waals surface area contributed by atoms with E-state index in [2.05, 4.69) is 13.8 Å². The second-order valence-electron chi connectivity index (χ2n) is 4.61. The fourth-order valence-electron chi connectivity index (χ4n) is 1.79. The predicted octanol–water partition coefficient (Wildman–Crippen LogP) is 2.34. The van der Waals surface area contributed by atoms with Crippen LogP contribution >= 0.6 is 0 Å². The van der Waals surface area contributed by atoms with Gasteiger partial charge >= 0.3 is 0 Å². The first kappa shape index (κ1) is 15.8. The van der Waals surface area contributed by atoms with Crippen molar-refractivity contribution in [3.05, 3.63) is 24.3 Å². The first-order valence-electron chi connectivity index (χ1n) is 6.97. The molecule has 1 aromatic carbocycles. The molecule has 0 bridgehead atoms. The first-order chi connectivity index (χ1) is 9.21. The summed E-state index contributed by atoms with van der Waals surface area (Å²) in [4.78, 5) is 0. The summed E-state index contributed by atoms with van der Waals surface area (Å²) in [5, 5.41) is 9.33. The van der Waals surface area contributed by atoms with E-state index in [4.69, 9.17) is 15.2 Å². The van der Waals surface area contributed by atoms with E-state index in [9.17, 15) is 5.11 Å². The standard InChI is InChI=1S/C15H25NO3/c1-3-5-14(16)15(11-17)19-13-8-6-12(7-9-13)18-10-4-2/h6-9,14-15,17H,3-5,10-11,16H2,1-2H3. The average Bonchev–Trinajstić information content (AvgIpc) is 2.44. The Balaban J connectivity index is 2.55. The summed E-state index contributed by atoms with van der Waals surface area (Å²) in [6, 6.07) is 7.26. The topological polar surface area (TPSA) is 64.7 Å². The van der Waals surface area contributed by atoms with Crippen LogP contribution in [0.5, 0.6) is 11.5 Å². The number of nitrogens with two attached hydrogens (primary N) is 1. The molecule has 0 aliphatic rings. The van der Waals surface area contributed by atoms with Gasteiger partial charge in [-0.3, -0.25) is 0 Å². The second-order valence-corrected chi connectivity index (χ2v) is 4.61. The number of benzene rings is 1. The molecule has 0 aliphatic carbocycles. The zero-order valence-electron chi connectivity index (χ0n) is 11.8. The van der Waals surface area contributed by atoms with E-state index in [1.807, 2.05) is 24.3 Å². The number of hydrogen-bond acceptors (Lipinski definition) is 4. The molecule has 19 heavy (non-hydrogen) atoms. The molecule has 0 aromatic heterocycles. The summed E-state index contributed by atoms with van der Waals surface area (Å²) in [6.07, 6.45) is 2.44. The molecule has 2 atom stereocenters. The third-order valence-electron chi connectivity index (χ3n) is 2.86. The zero-order valence-corrected chi connectivity index (χ0v) is 11.8. The van der Waals surface area contributed by atoms with E-state index < -0.39 is 0 Å². The Hall–Kier alpha value is -1.26. The Morgan fingerprint density at radius 2 is 1.74 bits per heavy atom. The molecule has 4 nitrogen and oxygen atoms in total. The Morgan fingerprint density at radius 1 is 1.11 bits per heavy atom. The van der Waals surface area contributed by atoms with Crippen molar-refractivity contribution in [1.82, 2.24) is 0 Å². The van der Waals surface area contributed by atoms with E-state index in [0.29, 0.717) is 12.4 Å². The smallest absolute Gasteiger partial charge is 0.137 e. The van der Waals surface area contributed by atoms with E-state index in [1.165, 1.54) is 0 Å². The minimum absolute atomic E-state index is 0.0742. The molecule has 0 radical (unpaired) electrons. The molecule has 3 N–H and O–H groups in total. The predicted molar refractivity (Wildman–Crippen MR) is 76.6 cm³/mol. The van der Waals surface area contributed by atoms with Crippen LogP contribution in [0.4, 0.5) is 0 Å². The summed E-state index contributed by atoms with van der Waals surface area (Å²) in [5.74, 6) is 1.53. The molecule has 0 heterocycles. The highest BCUT2D eigenvalue weighted by molar-refractivity contribution is 5.31. The number of aliphatic hydroxyl groups excluding tert-OH is 1. The van der Waals surface area contributed by atoms with Gasteiger partial charge in [-0.15, -0.1) is 0 Å². The van der Waals surface area contributed by atoms with Crippen LogP contribution in [0.25, 0.3) is 0 Å². The van der Waals surface area contributed by atoms with E-state index in [1.54, 1.807) is 0 Å². The van der Waals surface area contributed by atoms with Gasteiger partial charge in [0.1, 0.15) is 17.6 Å². The number of ether oxygens (including phenoxy) is 2. The van der Waals surface area contributed by atoms with Gasteiger partial charge in [0.15, 0.2) is 0 Å². The van der Waals surface area contributed by atoms with Crippen LogP contribution in [-0.4, -0.2) is 30.5 Å². The Bertz CT molecular complexity index is 340. The molecule has 0 fully saturated rings. The molecule has 1 rings (SSSR count). The van der Waals surface area contributed by atoms with Gasteiger partial charge in [0.25, 0.3) is 0 Å². The highest BCUT2D eigenvalue weighted by Gasteiger charge is 2.17. The van der Waals surface area contributed by atoms with Crippen molar-refractivity contribution in [3.8, 4) is 11.5 Å². The van der Waals surface area contributed by atoms with Gasteiger partial charge in [-0.2, -0.15) is 0 Å². The van der Waals surface area contributed by atoms with Gasteiger partial charge in [0.2, 0.25) is 0 Å². The van der Waals surface area contributed by atoms with E-state index in [-0.39, 0.29) is 18.8 Å². The van der Waals surface area contributed by atoms with Crippen LogP contribution in [0.2, 0.25) is 0 Å². The quantitative estimate of drug-likeness (QED) is 0.721. The molecule has 0 spiro atoms. The largest absolute Gasteiger partial charge is 0.494 e. The van der Waals surface area contributed by atoms with E-state index in [0.717, 1.165) is 25.0 Å². The number of hydrogen-bond donors (Lipinski definition) is 2. The second kappa shape index (κ2) is 8.77. The van der Waals surface area contributed by atoms with Gasteiger partial charge in [-0.05, 0) is 37.1 Å². The van der Waals surface area contributed by atoms with Crippen molar-refractivity contribution >= 4 is 0 Å². The van der Waals surface area contributed by atoms with E-state index >= 15 is 0 Å². The maximum atomic E-state index is 9.33. The number of rotatable bonds is 9. The van der Waals surface area contributed by atoms with Gasteiger partial charge < -0.3 is 20.3 Å². The SMILES string of the molecule is CCCOc1ccc(OC(CO)C(N)CCC)cc1. The third-order valence-corrected chi connectivity index (χ3v) is 2.86. The highest BCUT2D eigenvalue weighted by atomic mass is 16.5. The van der Waals surface area contributed by atoms with Gasteiger partial charge in [-0.25, -0.2) is 0 Å². The van der Waals surface area contributed by atoms with Crippen LogP contribution in [0, 0.1) is 0 Å². The molecule has 1 aromatic rings. The molecule has 0 aliphatic heterocycles. The van der Waals surface area contributed by atoms with Gasteiger partial charge in [-0.1, -0.05) is 20.3 Å². The fourth-order valence-corrected chi connectivity index (χ4v) is 1.79. The molecule has 0 saturated carbocycles. The van der Waals surface area contributed by atoms with Crippen LogP contribution in [0.3, 0.4) is 0 Å². The van der Waals surface area contributed by atoms with Crippen molar-refractivity contribution in [2.75, 3.05) is 13.2 Å². The maximum absolute atomic E-state index is 9.33. The Labute approximate surface area is 115 Å². The minimum atomic E-state index is -0.359. The molecule has 4 heteroatoms. The third kappa shape index (κ3) is 5.49. The summed E-state index contributed by atoms with van der Waals surface area (Å²) in [6.45, 7) is 4.77. The van der Waals surface area contributed by atoms with Crippen molar-refractivity contribution in [3.63, 3.8) is 0 Å². The molecule has 2 unspecified atom stereocenters. The van der Waals surface area contributed by atoms with Crippen molar-refractivity contribution in [2.24, 2.45) is 5.73 Å². The molecular formula is C15H25NO3. The molecule has 0 amide bonds. The summed E-state index contributed by atoms with van der Waals surface area (Å²) in [7, 11) is 0. The molecule has 108 valence electrons. The summed E-state index contributed by atoms with van der Waals surface area (Å²) < 4.78 is 11.2. The van der Waals surface area contributed by atoms with Crippen molar-refractivity contribution < 1.29 is 14.6 Å². The Morgan fingerprint density at radius 3 is 2.26 bits per heavy atom. The monoisotopic (exact) mass is 267 g/mol. The van der Waals surface area contributed by atoms with Crippen LogP contribution < -0.4 is 15.2 Å². The van der Waals surface area contributed by atoms with Crippen LogP contribution in [0.1, 0.15) is 33.1 Å². The summed E-state index contributed by atoms with van der Waals surface area (Å²) in [5.41, 5.74) is 5.97. The lowest BCUT2D eigenvalue weighted by molar-refractivity contribution is 0.0916. The van der Waals surface area contributed by atoms with Crippen molar-refractivity contribution in [1.29, 1.82) is 0 Å². The summed E-state index contributed by atoms with van der Waals surface area (Å²) >= 11 is 0. The first-order valence-corrected chi connectivity index (χ1v) is 6.97. The fraction of sp³-hybridized carbons (Fsp3) is 0.600. The average molecular weight is 267 g/mol. The van der Waals surface area contributed by atoms with Gasteiger partial charge in [0, 0.05) is 6.04 Å². The lowest BCUT2D eigenvalue weighted by Crippen LogP contribution is -2.41. The normalized spacial score (nSPS) is 13.9. The van der Waals surface area contributed by atoms with Crippen LogP contribution in [0.15, 0.2) is 24.3 Å². The Kier molecular flexibility index (Phi) is 7.30. The highest BCUT2D eigenvalue weighted by Crippen LogP contribution is 2.19. The van der Waals surface area contributed by atoms with Gasteiger partial charge in [0.05, 0.1) is 13.2 Å². The zero-order chi connectivity index (χ0) is 14.1.